The molecular weight excluding hydrogens is 298 g/mol. The normalized spacial score (nSPS) is 47.0. The molecule has 0 amide bonds. The molecule has 112 valence electrons. The van der Waals surface area contributed by atoms with Gasteiger partial charge in [0.15, 0.2) is 10.8 Å². The standard InChI is InChI=1S/C13H8F6N2/c14-12(15,16)11(13(17,18)19)9-5-1-4-6(7(4)9)8(5)10(11,2-20)3-21/h4-9H,1H2. The highest BCUT2D eigenvalue weighted by Gasteiger charge is 2.99. The predicted molar refractivity (Wildman–Crippen MR) is 53.8 cm³/mol. The van der Waals surface area contributed by atoms with Crippen LogP contribution in [-0.4, -0.2) is 12.4 Å². The first-order valence-electron chi connectivity index (χ1n) is 6.56. The van der Waals surface area contributed by atoms with Gasteiger partial charge < -0.3 is 0 Å². The molecule has 2 nitrogen and oxygen atoms in total. The van der Waals surface area contributed by atoms with Crippen molar-refractivity contribution < 1.29 is 26.3 Å². The Bertz CT molecular complexity index is 593. The topological polar surface area (TPSA) is 47.6 Å². The molecule has 5 saturated carbocycles. The molecule has 8 heteroatoms. The molecule has 0 N–H and O–H groups in total. The second-order valence-electron chi connectivity index (χ2n) is 6.60. The minimum Gasteiger partial charge on any atom is -0.197 e. The maximum atomic E-state index is 13.6. The zero-order chi connectivity index (χ0) is 15.6. The van der Waals surface area contributed by atoms with E-state index in [4.69, 9.17) is 0 Å². The molecule has 0 heterocycles. The Morgan fingerprint density at radius 3 is 1.67 bits per heavy atom. The fourth-order valence-electron chi connectivity index (χ4n) is 6.24. The van der Waals surface area contributed by atoms with Gasteiger partial charge in [-0.15, -0.1) is 0 Å². The SMILES string of the molecule is N#CC1(C#N)C2C3CC4C2C4C3C1(C(F)(F)F)C(F)(F)F. The van der Waals surface area contributed by atoms with E-state index in [1.54, 1.807) is 0 Å². The van der Waals surface area contributed by atoms with Gasteiger partial charge in [-0.3, -0.25) is 0 Å². The lowest BCUT2D eigenvalue weighted by atomic mass is 9.56. The summed E-state index contributed by atoms with van der Waals surface area (Å²) in [5.41, 5.74) is -7.23. The maximum Gasteiger partial charge on any atom is 0.406 e. The van der Waals surface area contributed by atoms with Gasteiger partial charge in [0, 0.05) is 0 Å². The van der Waals surface area contributed by atoms with Crippen LogP contribution in [0.4, 0.5) is 26.3 Å². The first-order chi connectivity index (χ1) is 9.60. The van der Waals surface area contributed by atoms with Gasteiger partial charge in [0.1, 0.15) is 0 Å². The predicted octanol–water partition coefficient (Wildman–Crippen LogP) is 3.27. The average molecular weight is 306 g/mol. The van der Waals surface area contributed by atoms with Crippen molar-refractivity contribution >= 4 is 0 Å². The van der Waals surface area contributed by atoms with Gasteiger partial charge in [-0.1, -0.05) is 0 Å². The van der Waals surface area contributed by atoms with Crippen LogP contribution in [0.5, 0.6) is 0 Å². The van der Waals surface area contributed by atoms with Crippen LogP contribution in [0.15, 0.2) is 0 Å². The van der Waals surface area contributed by atoms with Crippen LogP contribution >= 0.6 is 0 Å². The van der Waals surface area contributed by atoms with Crippen molar-refractivity contribution in [3.8, 4) is 12.1 Å². The molecule has 0 aliphatic heterocycles. The maximum absolute atomic E-state index is 13.6. The van der Waals surface area contributed by atoms with E-state index < -0.39 is 46.9 Å². The summed E-state index contributed by atoms with van der Waals surface area (Å²) in [5, 5.41) is 18.4. The van der Waals surface area contributed by atoms with E-state index in [-0.39, 0.29) is 11.8 Å². The smallest absolute Gasteiger partial charge is 0.197 e. The molecule has 6 atom stereocenters. The van der Waals surface area contributed by atoms with E-state index in [0.717, 1.165) is 0 Å². The van der Waals surface area contributed by atoms with E-state index in [1.807, 2.05) is 0 Å². The second kappa shape index (κ2) is 3.02. The molecule has 0 spiro atoms. The summed E-state index contributed by atoms with van der Waals surface area (Å²) in [7, 11) is 0. The highest BCUT2D eigenvalue weighted by molar-refractivity contribution is 5.44. The Balaban J connectivity index is 2.06. The minimum absolute atomic E-state index is 0.155. The summed E-state index contributed by atoms with van der Waals surface area (Å²) in [5.74, 6) is -4.60. The number of nitriles is 2. The molecule has 0 aromatic heterocycles. The van der Waals surface area contributed by atoms with Gasteiger partial charge in [0.25, 0.3) is 0 Å². The molecule has 0 saturated heterocycles. The van der Waals surface area contributed by atoms with Crippen molar-refractivity contribution in [3.05, 3.63) is 0 Å². The quantitative estimate of drug-likeness (QED) is 0.645. The van der Waals surface area contributed by atoms with E-state index in [1.165, 1.54) is 12.1 Å². The van der Waals surface area contributed by atoms with E-state index in [9.17, 15) is 36.9 Å². The van der Waals surface area contributed by atoms with Gasteiger partial charge in [0.2, 0.25) is 0 Å². The number of rotatable bonds is 0. The number of hydrogen-bond acceptors (Lipinski definition) is 2. The first-order valence-corrected chi connectivity index (χ1v) is 6.56. The number of halogens is 6. The molecule has 5 rings (SSSR count). The van der Waals surface area contributed by atoms with Gasteiger partial charge in [-0.25, -0.2) is 0 Å². The Kier molecular flexibility index (Phi) is 1.90. The zero-order valence-electron chi connectivity index (χ0n) is 10.3. The Labute approximate surface area is 115 Å². The molecule has 5 aliphatic rings. The Morgan fingerprint density at radius 1 is 0.810 bits per heavy atom. The minimum atomic E-state index is -5.66. The second-order valence-corrected chi connectivity index (χ2v) is 6.60. The molecule has 5 aliphatic carbocycles. The summed E-state index contributed by atoms with van der Waals surface area (Å²) < 4.78 is 81.6. The lowest BCUT2D eigenvalue weighted by molar-refractivity contribution is -0.378. The number of nitrogens with zero attached hydrogens (tertiary/aromatic N) is 2. The summed E-state index contributed by atoms with van der Waals surface area (Å²) in [4.78, 5) is 0. The Morgan fingerprint density at radius 2 is 1.29 bits per heavy atom. The van der Waals surface area contributed by atoms with Crippen molar-refractivity contribution in [2.45, 2.75) is 18.8 Å². The summed E-state index contributed by atoms with van der Waals surface area (Å²) >= 11 is 0. The van der Waals surface area contributed by atoms with Crippen LogP contribution in [0, 0.1) is 69.0 Å². The Hall–Kier alpha value is -1.44. The molecule has 0 radical (unpaired) electrons. The third kappa shape index (κ3) is 0.941. The van der Waals surface area contributed by atoms with Crippen molar-refractivity contribution in [2.24, 2.45) is 46.3 Å². The molecular formula is C13H8F6N2. The van der Waals surface area contributed by atoms with Gasteiger partial charge >= 0.3 is 12.4 Å². The highest BCUT2D eigenvalue weighted by Crippen LogP contribution is 2.92. The number of hydrogen-bond donors (Lipinski definition) is 0. The zero-order valence-corrected chi connectivity index (χ0v) is 10.3. The lowest BCUT2D eigenvalue weighted by Crippen LogP contribution is -2.63. The van der Waals surface area contributed by atoms with Crippen LogP contribution in [0.3, 0.4) is 0 Å². The van der Waals surface area contributed by atoms with Crippen LogP contribution in [-0.2, 0) is 0 Å². The van der Waals surface area contributed by atoms with Gasteiger partial charge in [-0.05, 0) is 41.9 Å². The third-order valence-electron chi connectivity index (χ3n) is 6.46. The third-order valence-corrected chi connectivity index (χ3v) is 6.46. The molecule has 21 heavy (non-hydrogen) atoms. The van der Waals surface area contributed by atoms with E-state index in [0.29, 0.717) is 6.42 Å². The largest absolute Gasteiger partial charge is 0.406 e. The molecule has 0 aromatic carbocycles. The summed E-state index contributed by atoms with van der Waals surface area (Å²) in [6.07, 6.45) is -11.0. The van der Waals surface area contributed by atoms with Crippen LogP contribution in [0.2, 0.25) is 0 Å². The van der Waals surface area contributed by atoms with Gasteiger partial charge in [-0.2, -0.15) is 36.9 Å². The first kappa shape index (κ1) is 13.2. The van der Waals surface area contributed by atoms with Gasteiger partial charge in [0.05, 0.1) is 12.1 Å². The van der Waals surface area contributed by atoms with E-state index >= 15 is 0 Å². The monoisotopic (exact) mass is 306 g/mol. The molecule has 6 unspecified atom stereocenters. The summed E-state index contributed by atoms with van der Waals surface area (Å²) in [6, 6.07) is 2.35. The summed E-state index contributed by atoms with van der Waals surface area (Å²) in [6.45, 7) is 0. The van der Waals surface area contributed by atoms with Crippen LogP contribution in [0.1, 0.15) is 6.42 Å². The molecule has 5 fully saturated rings. The van der Waals surface area contributed by atoms with E-state index in [2.05, 4.69) is 0 Å². The fourth-order valence-corrected chi connectivity index (χ4v) is 6.24. The van der Waals surface area contributed by atoms with Crippen LogP contribution < -0.4 is 0 Å². The highest BCUT2D eigenvalue weighted by atomic mass is 19.4. The lowest BCUT2D eigenvalue weighted by Gasteiger charge is -2.46. The van der Waals surface area contributed by atoms with Crippen LogP contribution in [0.25, 0.3) is 0 Å². The van der Waals surface area contributed by atoms with Crippen molar-refractivity contribution in [1.82, 2.24) is 0 Å². The van der Waals surface area contributed by atoms with Crippen molar-refractivity contribution in [1.29, 1.82) is 10.5 Å². The van der Waals surface area contributed by atoms with Crippen molar-refractivity contribution in [3.63, 3.8) is 0 Å². The average Bonchev–Trinajstić information content (AvgIpc) is 2.71. The number of alkyl halides is 6. The molecule has 0 aromatic rings. The van der Waals surface area contributed by atoms with Crippen molar-refractivity contribution in [2.75, 3.05) is 0 Å². The molecule has 6 bridgehead atoms. The fraction of sp³-hybridized carbons (Fsp3) is 0.846.